The number of nitrogens with one attached hydrogen (secondary N) is 2. The smallest absolute Gasteiger partial charge is 0.422 e. The number of alkyl halides is 3. The van der Waals surface area contributed by atoms with Crippen molar-refractivity contribution >= 4 is 17.7 Å². The fourth-order valence-electron chi connectivity index (χ4n) is 1.62. The van der Waals surface area contributed by atoms with E-state index in [-0.39, 0.29) is 30.8 Å². The van der Waals surface area contributed by atoms with E-state index in [1.54, 1.807) is 13.0 Å². The van der Waals surface area contributed by atoms with Gasteiger partial charge in [-0.15, -0.1) is 0 Å². The van der Waals surface area contributed by atoms with Crippen LogP contribution in [-0.2, 0) is 4.79 Å². The number of benzene rings is 1. The molecule has 6 nitrogen and oxygen atoms in total. The third-order valence-corrected chi connectivity index (χ3v) is 2.63. The molecule has 0 spiro atoms. The summed E-state index contributed by atoms with van der Waals surface area (Å²) in [6.07, 6.45) is -4.33. The fraction of sp³-hybridized carbons (Fsp3) is 0.429. The van der Waals surface area contributed by atoms with Crippen molar-refractivity contribution in [1.82, 2.24) is 5.32 Å². The van der Waals surface area contributed by atoms with Gasteiger partial charge < -0.3 is 20.5 Å². The SMILES string of the molecule is Cc1ccc(NC(=O)NCCCC(=O)O)c(OCC(F)(F)F)c1. The number of aliphatic carboxylic acids is 1. The number of aryl methyl sites for hydroxylation is 1. The number of anilines is 1. The van der Waals surface area contributed by atoms with Gasteiger partial charge in [0, 0.05) is 13.0 Å². The third-order valence-electron chi connectivity index (χ3n) is 2.63. The molecule has 0 aliphatic heterocycles. The molecule has 0 fully saturated rings. The number of carbonyl (C=O) groups excluding carboxylic acids is 1. The standard InChI is InChI=1S/C14H17F3N2O4/c1-9-4-5-10(11(7-9)23-8-14(15,16)17)19-13(22)18-6-2-3-12(20)21/h4-5,7H,2-3,6,8H2,1H3,(H,20,21)(H2,18,19,22). The van der Waals surface area contributed by atoms with Gasteiger partial charge in [-0.25, -0.2) is 4.79 Å². The lowest BCUT2D eigenvalue weighted by molar-refractivity contribution is -0.153. The molecule has 0 bridgehead atoms. The molecule has 0 aliphatic carbocycles. The lowest BCUT2D eigenvalue weighted by Gasteiger charge is -2.15. The molecule has 3 N–H and O–H groups in total. The van der Waals surface area contributed by atoms with Crippen molar-refractivity contribution in [2.75, 3.05) is 18.5 Å². The summed E-state index contributed by atoms with van der Waals surface area (Å²) in [6, 6.07) is 3.76. The van der Waals surface area contributed by atoms with Crippen LogP contribution in [0.3, 0.4) is 0 Å². The minimum absolute atomic E-state index is 0.0925. The lowest BCUT2D eigenvalue weighted by Crippen LogP contribution is -2.30. The van der Waals surface area contributed by atoms with Gasteiger partial charge in [0.1, 0.15) is 5.75 Å². The molecule has 2 amide bonds. The predicted octanol–water partition coefficient (Wildman–Crippen LogP) is 2.92. The van der Waals surface area contributed by atoms with Crippen molar-refractivity contribution in [3.05, 3.63) is 23.8 Å². The lowest BCUT2D eigenvalue weighted by atomic mass is 10.2. The summed E-state index contributed by atoms with van der Waals surface area (Å²) in [4.78, 5) is 22.0. The van der Waals surface area contributed by atoms with Crippen LogP contribution in [0.2, 0.25) is 0 Å². The highest BCUT2D eigenvalue weighted by Gasteiger charge is 2.29. The van der Waals surface area contributed by atoms with Crippen LogP contribution in [0.15, 0.2) is 18.2 Å². The van der Waals surface area contributed by atoms with E-state index >= 15 is 0 Å². The minimum Gasteiger partial charge on any atom is -0.482 e. The molecule has 0 saturated carbocycles. The molecule has 0 saturated heterocycles. The van der Waals surface area contributed by atoms with Gasteiger partial charge in [0.2, 0.25) is 0 Å². The van der Waals surface area contributed by atoms with E-state index in [0.29, 0.717) is 5.56 Å². The summed E-state index contributed by atoms with van der Waals surface area (Å²) < 4.78 is 41.4. The molecule has 0 aromatic heterocycles. The van der Waals surface area contributed by atoms with E-state index in [0.717, 1.165) is 0 Å². The zero-order valence-corrected chi connectivity index (χ0v) is 12.4. The predicted molar refractivity (Wildman–Crippen MR) is 76.6 cm³/mol. The molecule has 0 radical (unpaired) electrons. The Hall–Kier alpha value is -2.45. The van der Waals surface area contributed by atoms with E-state index in [1.807, 2.05) is 0 Å². The molecular weight excluding hydrogens is 317 g/mol. The van der Waals surface area contributed by atoms with Gasteiger partial charge in [0.25, 0.3) is 0 Å². The largest absolute Gasteiger partial charge is 0.482 e. The molecular formula is C14H17F3N2O4. The Morgan fingerprint density at radius 2 is 2.00 bits per heavy atom. The first-order valence-corrected chi connectivity index (χ1v) is 6.74. The Morgan fingerprint density at radius 1 is 1.30 bits per heavy atom. The molecule has 0 unspecified atom stereocenters. The summed E-state index contributed by atoms with van der Waals surface area (Å²) in [5.74, 6) is -1.07. The van der Waals surface area contributed by atoms with Crippen molar-refractivity contribution in [2.45, 2.75) is 25.9 Å². The Balaban J connectivity index is 2.61. The first-order valence-electron chi connectivity index (χ1n) is 6.74. The second-order valence-electron chi connectivity index (χ2n) is 4.78. The number of ether oxygens (including phenoxy) is 1. The summed E-state index contributed by atoms with van der Waals surface area (Å²) in [6.45, 7) is 0.338. The molecule has 128 valence electrons. The van der Waals surface area contributed by atoms with Gasteiger partial charge in [0.05, 0.1) is 5.69 Å². The number of carboxylic acids is 1. The average molecular weight is 334 g/mol. The van der Waals surface area contributed by atoms with Crippen LogP contribution >= 0.6 is 0 Å². The van der Waals surface area contributed by atoms with Gasteiger partial charge >= 0.3 is 18.2 Å². The van der Waals surface area contributed by atoms with Gasteiger partial charge in [-0.3, -0.25) is 4.79 Å². The molecule has 1 aromatic rings. The number of rotatable bonds is 7. The summed E-state index contributed by atoms with van der Waals surface area (Å²) in [5.41, 5.74) is 0.769. The molecule has 0 heterocycles. The van der Waals surface area contributed by atoms with Crippen molar-refractivity contribution in [2.24, 2.45) is 0 Å². The van der Waals surface area contributed by atoms with E-state index in [1.165, 1.54) is 12.1 Å². The van der Waals surface area contributed by atoms with Crippen LogP contribution in [0.5, 0.6) is 5.75 Å². The number of hydrogen-bond donors (Lipinski definition) is 3. The normalized spacial score (nSPS) is 11.0. The number of urea groups is 1. The Bertz CT molecular complexity index is 561. The molecule has 9 heteroatoms. The Morgan fingerprint density at radius 3 is 2.61 bits per heavy atom. The summed E-state index contributed by atoms with van der Waals surface area (Å²) in [5, 5.41) is 13.2. The number of carbonyl (C=O) groups is 2. The van der Waals surface area contributed by atoms with Crippen LogP contribution in [0.4, 0.5) is 23.7 Å². The Labute approximate surface area is 130 Å². The molecule has 23 heavy (non-hydrogen) atoms. The molecule has 1 rings (SSSR count). The first kappa shape index (κ1) is 18.6. The van der Waals surface area contributed by atoms with E-state index in [9.17, 15) is 22.8 Å². The maximum absolute atomic E-state index is 12.2. The van der Waals surface area contributed by atoms with Crippen molar-refractivity contribution in [1.29, 1.82) is 0 Å². The molecule has 1 aromatic carbocycles. The molecule has 0 atom stereocenters. The minimum atomic E-state index is -4.49. The van der Waals surface area contributed by atoms with Crippen LogP contribution in [0.1, 0.15) is 18.4 Å². The van der Waals surface area contributed by atoms with Crippen LogP contribution in [0.25, 0.3) is 0 Å². The average Bonchev–Trinajstić information content (AvgIpc) is 2.43. The number of hydrogen-bond acceptors (Lipinski definition) is 3. The highest BCUT2D eigenvalue weighted by molar-refractivity contribution is 5.91. The van der Waals surface area contributed by atoms with E-state index in [4.69, 9.17) is 9.84 Å². The number of amides is 2. The van der Waals surface area contributed by atoms with Crippen molar-refractivity contribution < 1.29 is 32.6 Å². The molecule has 0 aliphatic rings. The second kappa shape index (κ2) is 8.25. The summed E-state index contributed by atoms with van der Waals surface area (Å²) in [7, 11) is 0. The maximum Gasteiger partial charge on any atom is 0.422 e. The van der Waals surface area contributed by atoms with Crippen LogP contribution < -0.4 is 15.4 Å². The van der Waals surface area contributed by atoms with Crippen LogP contribution in [-0.4, -0.2) is 36.4 Å². The fourth-order valence-corrected chi connectivity index (χ4v) is 1.62. The first-order chi connectivity index (χ1) is 10.7. The van der Waals surface area contributed by atoms with Gasteiger partial charge in [-0.1, -0.05) is 6.07 Å². The van der Waals surface area contributed by atoms with Gasteiger partial charge in [-0.2, -0.15) is 13.2 Å². The van der Waals surface area contributed by atoms with Crippen molar-refractivity contribution in [3.63, 3.8) is 0 Å². The number of halogens is 3. The maximum atomic E-state index is 12.2. The van der Waals surface area contributed by atoms with E-state index in [2.05, 4.69) is 10.6 Å². The summed E-state index contributed by atoms with van der Waals surface area (Å²) >= 11 is 0. The second-order valence-corrected chi connectivity index (χ2v) is 4.78. The number of carboxylic acid groups (broad SMARTS) is 1. The zero-order chi connectivity index (χ0) is 17.5. The quantitative estimate of drug-likeness (QED) is 0.669. The highest BCUT2D eigenvalue weighted by Crippen LogP contribution is 2.27. The third kappa shape index (κ3) is 7.93. The topological polar surface area (TPSA) is 87.7 Å². The van der Waals surface area contributed by atoms with Gasteiger partial charge in [-0.05, 0) is 31.0 Å². The zero-order valence-electron chi connectivity index (χ0n) is 12.4. The Kier molecular flexibility index (Phi) is 6.67. The van der Waals surface area contributed by atoms with Crippen molar-refractivity contribution in [3.8, 4) is 5.75 Å². The van der Waals surface area contributed by atoms with E-state index < -0.39 is 24.8 Å². The monoisotopic (exact) mass is 334 g/mol. The van der Waals surface area contributed by atoms with Gasteiger partial charge in [0.15, 0.2) is 6.61 Å². The van der Waals surface area contributed by atoms with Crippen LogP contribution in [0, 0.1) is 6.92 Å². The highest BCUT2D eigenvalue weighted by atomic mass is 19.4.